The van der Waals surface area contributed by atoms with E-state index in [-0.39, 0.29) is 12.5 Å². The van der Waals surface area contributed by atoms with Gasteiger partial charge in [-0.15, -0.1) is 0 Å². The lowest BCUT2D eigenvalue weighted by Gasteiger charge is -2.40. The van der Waals surface area contributed by atoms with E-state index in [4.69, 9.17) is 35.3 Å². The molecule has 10 heteroatoms. The molecule has 1 fully saturated rings. The van der Waals surface area contributed by atoms with E-state index < -0.39 is 48.6 Å². The highest BCUT2D eigenvalue weighted by molar-refractivity contribution is 6.33. The molecule has 0 amide bonds. The molecule has 1 saturated heterocycles. The summed E-state index contributed by atoms with van der Waals surface area (Å²) in [4.78, 5) is 39.0. The molecule has 0 aromatic heterocycles. The number of ether oxygens (including phenoxy) is 5. The van der Waals surface area contributed by atoms with Gasteiger partial charge in [0.15, 0.2) is 24.5 Å². The van der Waals surface area contributed by atoms with E-state index in [2.05, 4.69) is 4.99 Å². The first kappa shape index (κ1) is 21.1. The number of fused-ring (bicyclic) bond motifs is 1. The molecule has 0 radical (unpaired) electrons. The highest BCUT2D eigenvalue weighted by Gasteiger charge is 2.54. The van der Waals surface area contributed by atoms with Crippen LogP contribution in [0.5, 0.6) is 0 Å². The van der Waals surface area contributed by atoms with E-state index in [9.17, 15) is 14.4 Å². The fourth-order valence-corrected chi connectivity index (χ4v) is 3.38. The normalized spacial score (nSPS) is 27.9. The third kappa shape index (κ3) is 4.86. The first-order valence-electron chi connectivity index (χ1n) is 8.89. The van der Waals surface area contributed by atoms with Gasteiger partial charge < -0.3 is 23.7 Å². The Morgan fingerprint density at radius 1 is 1.03 bits per heavy atom. The molecule has 0 aliphatic carbocycles. The molecule has 3 rings (SSSR count). The Balaban J connectivity index is 1.92. The van der Waals surface area contributed by atoms with Crippen molar-refractivity contribution in [2.75, 3.05) is 6.61 Å². The van der Waals surface area contributed by atoms with E-state index in [1.807, 2.05) is 0 Å². The standard InChI is InChI=1S/C19H20ClNO8/c1-9(22)25-8-14-15(26-10(2)23)16(27-11(3)24)17-19(28-14)21-18(29-17)12-6-4-5-7-13(12)20/h4-7,14-17,19H,8H2,1-3H3/t14-,15-,16+,17-,19+/m1/s1. The zero-order chi connectivity index (χ0) is 21.1. The first-order chi connectivity index (χ1) is 13.8. The molecule has 0 unspecified atom stereocenters. The zero-order valence-electron chi connectivity index (χ0n) is 16.0. The summed E-state index contributed by atoms with van der Waals surface area (Å²) in [7, 11) is 0. The van der Waals surface area contributed by atoms with Crippen molar-refractivity contribution in [2.45, 2.75) is 51.4 Å². The van der Waals surface area contributed by atoms with Crippen molar-refractivity contribution in [1.29, 1.82) is 0 Å². The number of nitrogens with zero attached hydrogens (tertiary/aromatic N) is 1. The number of aliphatic imine (C=N–C) groups is 1. The summed E-state index contributed by atoms with van der Waals surface area (Å²) < 4.78 is 27.5. The number of hydrogen-bond acceptors (Lipinski definition) is 9. The minimum atomic E-state index is -1.06. The first-order valence-corrected chi connectivity index (χ1v) is 9.26. The van der Waals surface area contributed by atoms with Crippen LogP contribution in [-0.4, -0.2) is 61.1 Å². The molecule has 0 bridgehead atoms. The highest BCUT2D eigenvalue weighted by Crippen LogP contribution is 2.34. The van der Waals surface area contributed by atoms with Gasteiger partial charge in [-0.2, -0.15) is 0 Å². The molecule has 2 aliphatic heterocycles. The minimum Gasteiger partial charge on any atom is -0.465 e. The summed E-state index contributed by atoms with van der Waals surface area (Å²) in [6.45, 7) is 3.45. The second kappa shape index (κ2) is 8.79. The van der Waals surface area contributed by atoms with Crippen LogP contribution in [-0.2, 0) is 38.1 Å². The zero-order valence-corrected chi connectivity index (χ0v) is 16.8. The maximum Gasteiger partial charge on any atom is 0.303 e. The van der Waals surface area contributed by atoms with Crippen molar-refractivity contribution in [3.8, 4) is 0 Å². The van der Waals surface area contributed by atoms with Crippen LogP contribution in [0.1, 0.15) is 26.3 Å². The molecule has 2 heterocycles. The average molecular weight is 426 g/mol. The maximum atomic E-state index is 11.7. The summed E-state index contributed by atoms with van der Waals surface area (Å²) in [5, 5.41) is 0.418. The average Bonchev–Trinajstić information content (AvgIpc) is 3.05. The molecule has 5 atom stereocenters. The van der Waals surface area contributed by atoms with Crippen LogP contribution >= 0.6 is 11.6 Å². The van der Waals surface area contributed by atoms with E-state index in [0.717, 1.165) is 0 Å². The van der Waals surface area contributed by atoms with Crippen LogP contribution < -0.4 is 0 Å². The van der Waals surface area contributed by atoms with Gasteiger partial charge in [0.2, 0.25) is 5.90 Å². The van der Waals surface area contributed by atoms with E-state index in [1.54, 1.807) is 24.3 Å². The van der Waals surface area contributed by atoms with Gasteiger partial charge in [-0.3, -0.25) is 14.4 Å². The maximum absolute atomic E-state index is 11.7. The molecule has 1 aromatic carbocycles. The molecule has 0 saturated carbocycles. The van der Waals surface area contributed by atoms with Gasteiger partial charge in [0.1, 0.15) is 12.7 Å². The third-order valence-electron chi connectivity index (χ3n) is 4.26. The van der Waals surface area contributed by atoms with Crippen LogP contribution in [0.3, 0.4) is 0 Å². The smallest absolute Gasteiger partial charge is 0.303 e. The Morgan fingerprint density at radius 2 is 1.69 bits per heavy atom. The third-order valence-corrected chi connectivity index (χ3v) is 4.59. The van der Waals surface area contributed by atoms with Crippen molar-refractivity contribution in [1.82, 2.24) is 0 Å². The molecular weight excluding hydrogens is 406 g/mol. The fraction of sp³-hybridized carbons (Fsp3) is 0.474. The van der Waals surface area contributed by atoms with Crippen LogP contribution in [0.4, 0.5) is 0 Å². The molecule has 0 N–H and O–H groups in total. The Labute approximate surface area is 171 Å². The molecule has 156 valence electrons. The highest BCUT2D eigenvalue weighted by atomic mass is 35.5. The minimum absolute atomic E-state index is 0.206. The van der Waals surface area contributed by atoms with Gasteiger partial charge in [0.25, 0.3) is 0 Å². The summed E-state index contributed by atoms with van der Waals surface area (Å²) in [6.07, 6.45) is -4.75. The van der Waals surface area contributed by atoms with Gasteiger partial charge in [0, 0.05) is 20.8 Å². The second-order valence-corrected chi connectivity index (χ2v) is 6.92. The van der Waals surface area contributed by atoms with Crippen molar-refractivity contribution in [3.63, 3.8) is 0 Å². The van der Waals surface area contributed by atoms with Gasteiger partial charge in [-0.05, 0) is 12.1 Å². The lowest BCUT2D eigenvalue weighted by Crippen LogP contribution is -2.60. The quantitative estimate of drug-likeness (QED) is 0.517. The van der Waals surface area contributed by atoms with Gasteiger partial charge in [-0.1, -0.05) is 23.7 Å². The van der Waals surface area contributed by atoms with Crippen molar-refractivity contribution < 1.29 is 38.1 Å². The number of benzene rings is 1. The largest absolute Gasteiger partial charge is 0.465 e. The summed E-state index contributed by atoms with van der Waals surface area (Å²) in [5.41, 5.74) is 0.536. The van der Waals surface area contributed by atoms with Crippen LogP contribution in [0.15, 0.2) is 29.3 Å². The number of halogens is 1. The monoisotopic (exact) mass is 425 g/mol. The molecule has 0 spiro atoms. The predicted octanol–water partition coefficient (Wildman–Crippen LogP) is 1.64. The summed E-state index contributed by atoms with van der Waals surface area (Å²) >= 11 is 6.22. The van der Waals surface area contributed by atoms with Crippen LogP contribution in [0.25, 0.3) is 0 Å². The Kier molecular flexibility index (Phi) is 6.39. The van der Waals surface area contributed by atoms with Gasteiger partial charge in [-0.25, -0.2) is 4.99 Å². The van der Waals surface area contributed by atoms with E-state index in [1.165, 1.54) is 20.8 Å². The lowest BCUT2D eigenvalue weighted by atomic mass is 9.98. The van der Waals surface area contributed by atoms with Crippen molar-refractivity contribution in [3.05, 3.63) is 34.9 Å². The fourth-order valence-electron chi connectivity index (χ4n) is 3.16. The lowest BCUT2D eigenvalue weighted by molar-refractivity contribution is -0.236. The Bertz CT molecular complexity index is 841. The Morgan fingerprint density at radius 3 is 2.31 bits per heavy atom. The predicted molar refractivity (Wildman–Crippen MR) is 99.3 cm³/mol. The Hall–Kier alpha value is -2.65. The summed E-state index contributed by atoms with van der Waals surface area (Å²) in [6, 6.07) is 6.93. The summed E-state index contributed by atoms with van der Waals surface area (Å²) in [5.74, 6) is -1.55. The molecule has 9 nitrogen and oxygen atoms in total. The van der Waals surface area contributed by atoms with E-state index >= 15 is 0 Å². The second-order valence-electron chi connectivity index (χ2n) is 6.51. The number of rotatable bonds is 5. The van der Waals surface area contributed by atoms with E-state index in [0.29, 0.717) is 10.6 Å². The molecule has 1 aromatic rings. The molecule has 29 heavy (non-hydrogen) atoms. The van der Waals surface area contributed by atoms with Crippen LogP contribution in [0, 0.1) is 0 Å². The molecular formula is C19H20ClNO8. The van der Waals surface area contributed by atoms with Gasteiger partial charge >= 0.3 is 17.9 Å². The topological polar surface area (TPSA) is 110 Å². The molecule has 2 aliphatic rings. The SMILES string of the molecule is CC(=O)OC[C@H]1O[C@@H]2N=C(c3ccccc3Cl)O[C@@H]2[C@@H](OC(C)=O)[C@@H]1OC(C)=O. The number of hydrogen-bond donors (Lipinski definition) is 0. The van der Waals surface area contributed by atoms with Gasteiger partial charge in [0.05, 0.1) is 10.6 Å². The van der Waals surface area contributed by atoms with Crippen molar-refractivity contribution in [2.24, 2.45) is 4.99 Å². The van der Waals surface area contributed by atoms with Crippen LogP contribution in [0.2, 0.25) is 5.02 Å². The number of carbonyl (C=O) groups is 3. The van der Waals surface area contributed by atoms with Crippen molar-refractivity contribution >= 4 is 35.4 Å². The number of esters is 3. The number of carbonyl (C=O) groups excluding carboxylic acids is 3.